The lowest BCUT2D eigenvalue weighted by Crippen LogP contribution is -1.99. The van der Waals surface area contributed by atoms with Crippen molar-refractivity contribution in [2.45, 2.75) is 5.75 Å². The van der Waals surface area contributed by atoms with Crippen LogP contribution in [0.3, 0.4) is 0 Å². The van der Waals surface area contributed by atoms with Gasteiger partial charge in [0.25, 0.3) is 5.69 Å². The molecule has 1 rings (SSSR count). The fraction of sp³-hybridized carbons (Fsp3) is 0.143. The van der Waals surface area contributed by atoms with E-state index in [1.165, 1.54) is 18.2 Å². The minimum absolute atomic E-state index is 0.156. The molecule has 0 saturated carbocycles. The molecule has 0 amide bonds. The second-order valence-corrected chi connectivity index (χ2v) is 3.86. The average molecular weight is 236 g/mol. The molecule has 0 saturated heterocycles. The summed E-state index contributed by atoms with van der Waals surface area (Å²) >= 11 is 3.49. The van der Waals surface area contributed by atoms with Gasteiger partial charge in [-0.25, -0.2) is 4.21 Å². The third-order valence-corrected chi connectivity index (χ3v) is 2.31. The Labute approximate surface area is 87.1 Å². The fourth-order valence-electron chi connectivity index (χ4n) is 0.981. The minimum atomic E-state index is -2.11. The summed E-state index contributed by atoms with van der Waals surface area (Å²) in [6.45, 7) is 0. The number of nitro benzene ring substituents is 1. The summed E-state index contributed by atoms with van der Waals surface area (Å²) < 4.78 is 19.1. The topological polar surface area (TPSA) is 80.4 Å². The minimum Gasteiger partial charge on any atom is -0.306 e. The molecule has 76 valence electrons. The van der Waals surface area contributed by atoms with Crippen LogP contribution in [0.15, 0.2) is 18.2 Å². The Morgan fingerprint density at radius 2 is 2.21 bits per heavy atom. The van der Waals surface area contributed by atoms with E-state index in [2.05, 4.69) is 0 Å². The van der Waals surface area contributed by atoms with Crippen LogP contribution < -0.4 is 0 Å². The van der Waals surface area contributed by atoms with Gasteiger partial charge < -0.3 is 4.55 Å². The van der Waals surface area contributed by atoms with Crippen molar-refractivity contribution in [3.63, 3.8) is 0 Å². The van der Waals surface area contributed by atoms with Crippen LogP contribution in [0.1, 0.15) is 5.56 Å². The van der Waals surface area contributed by atoms with Crippen LogP contribution in [0, 0.1) is 10.1 Å². The summed E-state index contributed by atoms with van der Waals surface area (Å²) in [4.78, 5) is 9.88. The highest BCUT2D eigenvalue weighted by molar-refractivity contribution is 7.78. The first-order chi connectivity index (χ1) is 6.50. The van der Waals surface area contributed by atoms with E-state index in [1.54, 1.807) is 0 Å². The molecule has 0 aliphatic rings. The van der Waals surface area contributed by atoms with E-state index in [-0.39, 0.29) is 17.0 Å². The largest absolute Gasteiger partial charge is 0.306 e. The highest BCUT2D eigenvalue weighted by Crippen LogP contribution is 2.23. The molecule has 1 unspecified atom stereocenters. The molecule has 0 fully saturated rings. The molecule has 1 N–H and O–H groups in total. The number of nitrogens with zero attached hydrogens (tertiary/aromatic N) is 1. The highest BCUT2D eigenvalue weighted by Gasteiger charge is 2.15. The Hall–Kier alpha value is -0.980. The van der Waals surface area contributed by atoms with E-state index in [9.17, 15) is 14.3 Å². The zero-order chi connectivity index (χ0) is 10.7. The molecule has 5 nitrogen and oxygen atoms in total. The van der Waals surface area contributed by atoms with Gasteiger partial charge in [0.1, 0.15) is 0 Å². The van der Waals surface area contributed by atoms with Crippen molar-refractivity contribution in [3.05, 3.63) is 38.9 Å². The van der Waals surface area contributed by atoms with Crippen LogP contribution in [0.2, 0.25) is 5.02 Å². The third kappa shape index (κ3) is 2.76. The Morgan fingerprint density at radius 1 is 1.57 bits per heavy atom. The summed E-state index contributed by atoms with van der Waals surface area (Å²) in [6.07, 6.45) is 0. The van der Waals surface area contributed by atoms with Crippen molar-refractivity contribution in [1.82, 2.24) is 0 Å². The van der Waals surface area contributed by atoms with Gasteiger partial charge in [-0.1, -0.05) is 11.6 Å². The molecule has 0 bridgehead atoms. The van der Waals surface area contributed by atoms with E-state index < -0.39 is 16.0 Å². The summed E-state index contributed by atoms with van der Waals surface area (Å²) in [5.74, 6) is -0.295. The number of rotatable bonds is 3. The maximum atomic E-state index is 10.5. The third-order valence-electron chi connectivity index (χ3n) is 1.52. The first-order valence-electron chi connectivity index (χ1n) is 3.51. The summed E-state index contributed by atoms with van der Waals surface area (Å²) in [7, 11) is 0. The normalized spacial score (nSPS) is 12.4. The van der Waals surface area contributed by atoms with E-state index in [1.807, 2.05) is 0 Å². The van der Waals surface area contributed by atoms with Crippen molar-refractivity contribution in [2.75, 3.05) is 0 Å². The summed E-state index contributed by atoms with van der Waals surface area (Å²) in [5.41, 5.74) is -0.0415. The van der Waals surface area contributed by atoms with Gasteiger partial charge in [-0.15, -0.1) is 0 Å². The predicted octanol–water partition coefficient (Wildman–Crippen LogP) is 1.97. The zero-order valence-corrected chi connectivity index (χ0v) is 8.42. The first-order valence-corrected chi connectivity index (χ1v) is 5.16. The standard InChI is InChI=1S/C7H6ClNO4S/c8-6-1-2-7(9(10)11)5(3-6)4-14(12)13/h1-3H,4H2,(H,12,13). The van der Waals surface area contributed by atoms with Crippen LogP contribution in [0.5, 0.6) is 0 Å². The molecule has 0 aliphatic heterocycles. The predicted molar refractivity (Wildman–Crippen MR) is 52.6 cm³/mol. The fourth-order valence-corrected chi connectivity index (χ4v) is 1.67. The first kappa shape index (κ1) is 11.1. The van der Waals surface area contributed by atoms with Gasteiger partial charge in [0.2, 0.25) is 0 Å². The van der Waals surface area contributed by atoms with E-state index in [0.717, 1.165) is 0 Å². The molecule has 0 aromatic heterocycles. The molecule has 7 heteroatoms. The van der Waals surface area contributed by atoms with Gasteiger partial charge in [-0.05, 0) is 12.1 Å². The summed E-state index contributed by atoms with van der Waals surface area (Å²) in [6, 6.07) is 3.89. The monoisotopic (exact) mass is 235 g/mol. The molecule has 14 heavy (non-hydrogen) atoms. The van der Waals surface area contributed by atoms with Crippen molar-refractivity contribution in [3.8, 4) is 0 Å². The van der Waals surface area contributed by atoms with Gasteiger partial charge in [0.15, 0.2) is 11.1 Å². The Kier molecular flexibility index (Phi) is 3.56. The lowest BCUT2D eigenvalue weighted by molar-refractivity contribution is -0.385. The second-order valence-electron chi connectivity index (χ2n) is 2.50. The maximum absolute atomic E-state index is 10.5. The van der Waals surface area contributed by atoms with Crippen molar-refractivity contribution < 1.29 is 13.7 Å². The van der Waals surface area contributed by atoms with Gasteiger partial charge in [-0.3, -0.25) is 10.1 Å². The Balaban J connectivity index is 3.15. The van der Waals surface area contributed by atoms with Crippen LogP contribution in [-0.4, -0.2) is 13.7 Å². The number of halogens is 1. The quantitative estimate of drug-likeness (QED) is 0.493. The number of hydrogen-bond acceptors (Lipinski definition) is 3. The van der Waals surface area contributed by atoms with Gasteiger partial charge in [0.05, 0.1) is 10.7 Å². The smallest absolute Gasteiger partial charge is 0.273 e. The number of nitro groups is 1. The van der Waals surface area contributed by atoms with Gasteiger partial charge >= 0.3 is 0 Å². The van der Waals surface area contributed by atoms with Crippen LogP contribution in [0.25, 0.3) is 0 Å². The van der Waals surface area contributed by atoms with Crippen molar-refractivity contribution in [1.29, 1.82) is 0 Å². The SMILES string of the molecule is O=[N+]([O-])c1ccc(Cl)cc1CS(=O)O. The molecule has 1 aromatic rings. The molecule has 0 heterocycles. The lowest BCUT2D eigenvalue weighted by atomic mass is 10.2. The van der Waals surface area contributed by atoms with Crippen molar-refractivity contribution >= 4 is 28.4 Å². The molecule has 0 spiro atoms. The molecular formula is C7H6ClNO4S. The molecular weight excluding hydrogens is 230 g/mol. The van der Waals surface area contributed by atoms with E-state index >= 15 is 0 Å². The van der Waals surface area contributed by atoms with E-state index in [4.69, 9.17) is 16.2 Å². The second kappa shape index (κ2) is 4.50. The van der Waals surface area contributed by atoms with Crippen LogP contribution in [-0.2, 0) is 16.8 Å². The van der Waals surface area contributed by atoms with Crippen LogP contribution >= 0.6 is 11.6 Å². The average Bonchev–Trinajstić information content (AvgIpc) is 2.01. The van der Waals surface area contributed by atoms with Gasteiger partial charge in [0, 0.05) is 16.7 Å². The number of benzene rings is 1. The molecule has 0 radical (unpaired) electrons. The zero-order valence-electron chi connectivity index (χ0n) is 6.84. The molecule has 1 aromatic carbocycles. The highest BCUT2D eigenvalue weighted by atomic mass is 35.5. The molecule has 0 aliphatic carbocycles. The number of hydrogen-bond donors (Lipinski definition) is 1. The summed E-state index contributed by atoms with van der Waals surface area (Å²) in [5, 5.41) is 10.8. The maximum Gasteiger partial charge on any atom is 0.273 e. The Morgan fingerprint density at radius 3 is 2.71 bits per heavy atom. The van der Waals surface area contributed by atoms with Gasteiger partial charge in [-0.2, -0.15) is 0 Å². The Bertz CT molecular complexity index is 395. The van der Waals surface area contributed by atoms with Crippen LogP contribution in [0.4, 0.5) is 5.69 Å². The lowest BCUT2D eigenvalue weighted by Gasteiger charge is -2.00. The van der Waals surface area contributed by atoms with E-state index in [0.29, 0.717) is 5.02 Å². The molecule has 1 atom stereocenters. The van der Waals surface area contributed by atoms with Crippen molar-refractivity contribution in [2.24, 2.45) is 0 Å².